The maximum absolute atomic E-state index is 13.0. The third-order valence-electron chi connectivity index (χ3n) is 4.32. The van der Waals surface area contributed by atoms with Crippen molar-refractivity contribution in [2.24, 2.45) is 0 Å². The number of carbonyl (C=O) groups is 2. The number of amides is 2. The summed E-state index contributed by atoms with van der Waals surface area (Å²) in [4.78, 5) is 30.8. The standard InChI is InChI=1S/C25H19N3O5/c26-18-11-13-21(14-12-18)31-22-15-16-27-23(17-22)28(24(29)32-19-7-3-1-4-8-19)25(30)33-20-9-5-2-6-10-20/h1-17H,26H2. The van der Waals surface area contributed by atoms with Crippen LogP contribution in [0.5, 0.6) is 23.0 Å². The topological polar surface area (TPSA) is 104 Å². The molecule has 3 aromatic carbocycles. The van der Waals surface area contributed by atoms with Crippen molar-refractivity contribution in [1.82, 2.24) is 4.98 Å². The molecular weight excluding hydrogens is 422 g/mol. The first-order valence-electron chi connectivity index (χ1n) is 9.92. The Balaban J connectivity index is 1.62. The monoisotopic (exact) mass is 441 g/mol. The molecule has 33 heavy (non-hydrogen) atoms. The number of hydrogen-bond donors (Lipinski definition) is 1. The summed E-state index contributed by atoms with van der Waals surface area (Å²) < 4.78 is 16.5. The third-order valence-corrected chi connectivity index (χ3v) is 4.32. The Hall–Kier alpha value is -4.85. The van der Waals surface area contributed by atoms with Crippen LogP contribution in [0.1, 0.15) is 0 Å². The molecule has 0 fully saturated rings. The number of benzene rings is 3. The van der Waals surface area contributed by atoms with Gasteiger partial charge in [0.25, 0.3) is 0 Å². The summed E-state index contributed by atoms with van der Waals surface area (Å²) >= 11 is 0. The second kappa shape index (κ2) is 9.97. The maximum atomic E-state index is 13.0. The Kier molecular flexibility index (Phi) is 6.46. The predicted molar refractivity (Wildman–Crippen MR) is 123 cm³/mol. The molecule has 1 heterocycles. The summed E-state index contributed by atoms with van der Waals surface area (Å²) in [5, 5.41) is 0. The van der Waals surface area contributed by atoms with Crippen molar-refractivity contribution in [2.45, 2.75) is 0 Å². The van der Waals surface area contributed by atoms with Crippen molar-refractivity contribution in [3.63, 3.8) is 0 Å². The lowest BCUT2D eigenvalue weighted by Gasteiger charge is -2.19. The summed E-state index contributed by atoms with van der Waals surface area (Å²) in [5.74, 6) is 1.34. The zero-order valence-electron chi connectivity index (χ0n) is 17.3. The molecule has 0 radical (unpaired) electrons. The van der Waals surface area contributed by atoms with Crippen LogP contribution in [0, 0.1) is 0 Å². The van der Waals surface area contributed by atoms with Crippen LogP contribution < -0.4 is 24.8 Å². The van der Waals surface area contributed by atoms with Crippen LogP contribution in [0.3, 0.4) is 0 Å². The molecule has 0 atom stereocenters. The molecule has 1 aromatic heterocycles. The Morgan fingerprint density at radius 2 is 1.21 bits per heavy atom. The Morgan fingerprint density at radius 1 is 0.667 bits per heavy atom. The van der Waals surface area contributed by atoms with Gasteiger partial charge in [0, 0.05) is 18.0 Å². The van der Waals surface area contributed by atoms with E-state index in [0.29, 0.717) is 22.1 Å². The first kappa shape index (κ1) is 21.4. The Labute approximate surface area is 189 Å². The van der Waals surface area contributed by atoms with Gasteiger partial charge in [0.05, 0.1) is 0 Å². The second-order valence-corrected chi connectivity index (χ2v) is 6.72. The highest BCUT2D eigenvalue weighted by atomic mass is 16.6. The molecule has 4 aromatic rings. The van der Waals surface area contributed by atoms with Gasteiger partial charge < -0.3 is 19.9 Å². The molecule has 0 aliphatic carbocycles. The number of para-hydroxylation sites is 2. The summed E-state index contributed by atoms with van der Waals surface area (Å²) in [7, 11) is 0. The van der Waals surface area contributed by atoms with Gasteiger partial charge in [-0.05, 0) is 54.6 Å². The maximum Gasteiger partial charge on any atom is 0.430 e. The fourth-order valence-corrected chi connectivity index (χ4v) is 2.79. The molecule has 0 aliphatic rings. The highest BCUT2D eigenvalue weighted by Gasteiger charge is 2.29. The van der Waals surface area contributed by atoms with Crippen LogP contribution >= 0.6 is 0 Å². The smallest absolute Gasteiger partial charge is 0.430 e. The van der Waals surface area contributed by atoms with Crippen molar-refractivity contribution in [3.05, 3.63) is 103 Å². The molecule has 2 N–H and O–H groups in total. The van der Waals surface area contributed by atoms with Gasteiger partial charge in [-0.2, -0.15) is 4.90 Å². The number of carbonyl (C=O) groups excluding carboxylic acids is 2. The number of aromatic nitrogens is 1. The van der Waals surface area contributed by atoms with Gasteiger partial charge in [-0.15, -0.1) is 0 Å². The second-order valence-electron chi connectivity index (χ2n) is 6.72. The molecule has 0 saturated carbocycles. The van der Waals surface area contributed by atoms with Gasteiger partial charge in [-0.1, -0.05) is 36.4 Å². The molecule has 0 bridgehead atoms. The molecule has 2 amide bonds. The summed E-state index contributed by atoms with van der Waals surface area (Å²) in [6.07, 6.45) is -0.570. The van der Waals surface area contributed by atoms with Crippen molar-refractivity contribution < 1.29 is 23.8 Å². The number of anilines is 2. The summed E-state index contributed by atoms with van der Waals surface area (Å²) in [6.45, 7) is 0. The van der Waals surface area contributed by atoms with Crippen molar-refractivity contribution in [3.8, 4) is 23.0 Å². The summed E-state index contributed by atoms with van der Waals surface area (Å²) in [5.41, 5.74) is 6.30. The lowest BCUT2D eigenvalue weighted by atomic mass is 10.3. The largest absolute Gasteiger partial charge is 0.457 e. The molecule has 8 heteroatoms. The number of nitrogen functional groups attached to an aromatic ring is 1. The number of ether oxygens (including phenoxy) is 3. The molecule has 0 spiro atoms. The van der Waals surface area contributed by atoms with Gasteiger partial charge in [-0.25, -0.2) is 14.6 Å². The minimum atomic E-state index is -0.987. The van der Waals surface area contributed by atoms with Crippen molar-refractivity contribution in [1.29, 1.82) is 0 Å². The quantitative estimate of drug-likeness (QED) is 0.399. The highest BCUT2D eigenvalue weighted by molar-refractivity contribution is 6.09. The van der Waals surface area contributed by atoms with Gasteiger partial charge in [0.1, 0.15) is 23.0 Å². The number of rotatable bonds is 5. The van der Waals surface area contributed by atoms with Gasteiger partial charge >= 0.3 is 12.2 Å². The first-order chi connectivity index (χ1) is 16.1. The zero-order chi connectivity index (χ0) is 23.0. The molecule has 4 rings (SSSR count). The van der Waals surface area contributed by atoms with Crippen LogP contribution in [-0.4, -0.2) is 17.2 Å². The number of hydrogen-bond acceptors (Lipinski definition) is 7. The van der Waals surface area contributed by atoms with Crippen molar-refractivity contribution >= 4 is 23.7 Å². The fourth-order valence-electron chi connectivity index (χ4n) is 2.79. The number of imide groups is 1. The van der Waals surface area contributed by atoms with Gasteiger partial charge in [0.15, 0.2) is 5.82 Å². The van der Waals surface area contributed by atoms with Gasteiger partial charge in [-0.3, -0.25) is 0 Å². The van der Waals surface area contributed by atoms with Crippen LogP contribution in [-0.2, 0) is 0 Å². The van der Waals surface area contributed by atoms with Crippen LogP contribution in [0.15, 0.2) is 103 Å². The normalized spacial score (nSPS) is 10.2. The molecular formula is C25H19N3O5. The van der Waals surface area contributed by atoms with E-state index < -0.39 is 12.2 Å². The lowest BCUT2D eigenvalue weighted by molar-refractivity contribution is 0.190. The van der Waals surface area contributed by atoms with E-state index in [1.165, 1.54) is 12.3 Å². The number of pyridine rings is 1. The molecule has 0 saturated heterocycles. The third kappa shape index (κ3) is 5.65. The van der Waals surface area contributed by atoms with Crippen LogP contribution in [0.4, 0.5) is 21.1 Å². The lowest BCUT2D eigenvalue weighted by Crippen LogP contribution is -2.41. The molecule has 164 valence electrons. The van der Waals surface area contributed by atoms with E-state index in [0.717, 1.165) is 0 Å². The van der Waals surface area contributed by atoms with Crippen LogP contribution in [0.2, 0.25) is 0 Å². The van der Waals surface area contributed by atoms with Gasteiger partial charge in [0.2, 0.25) is 0 Å². The highest BCUT2D eigenvalue weighted by Crippen LogP contribution is 2.26. The number of nitrogens with two attached hydrogens (primary N) is 1. The number of nitrogens with zero attached hydrogens (tertiary/aromatic N) is 2. The fraction of sp³-hybridized carbons (Fsp3) is 0. The molecule has 0 aliphatic heterocycles. The average Bonchev–Trinajstić information content (AvgIpc) is 2.82. The van der Waals surface area contributed by atoms with E-state index in [4.69, 9.17) is 19.9 Å². The van der Waals surface area contributed by atoms with Crippen LogP contribution in [0.25, 0.3) is 0 Å². The molecule has 0 unspecified atom stereocenters. The minimum absolute atomic E-state index is 0.0372. The van der Waals surface area contributed by atoms with E-state index >= 15 is 0 Å². The van der Waals surface area contributed by atoms with E-state index in [9.17, 15) is 9.59 Å². The Bertz CT molecular complexity index is 1180. The first-order valence-corrected chi connectivity index (χ1v) is 9.92. The van der Waals surface area contributed by atoms with Crippen molar-refractivity contribution in [2.75, 3.05) is 10.6 Å². The SMILES string of the molecule is Nc1ccc(Oc2ccnc(N(C(=O)Oc3ccccc3)C(=O)Oc3ccccc3)c2)cc1. The zero-order valence-corrected chi connectivity index (χ0v) is 17.3. The Morgan fingerprint density at radius 3 is 1.76 bits per heavy atom. The predicted octanol–water partition coefficient (Wildman–Crippen LogP) is 5.66. The average molecular weight is 441 g/mol. The minimum Gasteiger partial charge on any atom is -0.457 e. The van der Waals surface area contributed by atoms with E-state index in [-0.39, 0.29) is 17.3 Å². The van der Waals surface area contributed by atoms with E-state index in [1.54, 1.807) is 91.0 Å². The molecule has 8 nitrogen and oxygen atoms in total. The van der Waals surface area contributed by atoms with E-state index in [1.807, 2.05) is 0 Å². The summed E-state index contributed by atoms with van der Waals surface area (Å²) in [6, 6.07) is 26.5. The van der Waals surface area contributed by atoms with E-state index in [2.05, 4.69) is 4.98 Å².